The zero-order valence-corrected chi connectivity index (χ0v) is 45.8. The first kappa shape index (κ1) is 63.6. The molecule has 24 heteroatoms. The van der Waals surface area contributed by atoms with Crippen LogP contribution in [-0.4, -0.2) is 196 Å². The Morgan fingerprint density at radius 1 is 0.584 bits per heavy atom. The molecule has 2 saturated heterocycles. The smallest absolute Gasteiger partial charge is 0.338 e. The van der Waals surface area contributed by atoms with Crippen LogP contribution in [0.25, 0.3) is 0 Å². The zero-order chi connectivity index (χ0) is 56.7. The predicted molar refractivity (Wildman–Crippen MR) is 282 cm³/mol. The molecule has 2 heterocycles. The van der Waals surface area contributed by atoms with Gasteiger partial charge in [-0.15, -0.1) is 23.5 Å². The number of amides is 2. The Bertz CT molecular complexity index is 2170. The van der Waals surface area contributed by atoms with Gasteiger partial charge in [0.05, 0.1) is 35.4 Å². The molecule has 0 aromatic heterocycles. The van der Waals surface area contributed by atoms with Crippen molar-refractivity contribution >= 4 is 47.3 Å². The minimum absolute atomic E-state index is 0.0273. The standard InChI is InChI=1S/C27H41NO10S.C26H39NO10S/c1-4-5-15-6-7-16(10-15)25(34)28-20(14(2)36-3)24-22(32)21(31)23(33)27(38-24)39-9-8-37-26(35)17-11-18(29)13-19(30)12-17;1-3-4-14-5-6-15(9-14)24(34)27-19(13(2)28)23-21(32)20(31)22(33)26(37-23)38-8-7-36-25(35)16-10-17(29)12-18(30)11-16/h11-16,20-24,27,29-33H,4-10H2,1-3H3,(H,28,34);10-15,19-23,26,28-33H,3-9H2,1-2H3,(H,27,34)/t14-,15+,16+,20-,21+,22-,23-,24-,27-;13-,14+,15+,19-,20+,21-,22-,23-,26-/m11/s1. The second kappa shape index (κ2) is 30.4. The number of nitrogens with one attached hydrogen (secondary N) is 2. The molecule has 2 aromatic rings. The van der Waals surface area contributed by atoms with Gasteiger partial charge in [0.25, 0.3) is 0 Å². The molecule has 13 N–H and O–H groups in total. The van der Waals surface area contributed by atoms with E-state index >= 15 is 0 Å². The number of methoxy groups -OCH3 is 1. The van der Waals surface area contributed by atoms with E-state index in [2.05, 4.69) is 24.5 Å². The first-order valence-corrected chi connectivity index (χ1v) is 28.5. The highest BCUT2D eigenvalue weighted by molar-refractivity contribution is 8.00. The van der Waals surface area contributed by atoms with Crippen molar-refractivity contribution < 1.29 is 99.0 Å². The van der Waals surface area contributed by atoms with Crippen LogP contribution in [0.15, 0.2) is 36.4 Å². The van der Waals surface area contributed by atoms with Crippen LogP contribution < -0.4 is 10.6 Å². The largest absolute Gasteiger partial charge is 0.508 e. The lowest BCUT2D eigenvalue weighted by molar-refractivity contribution is -0.212. The Hall–Kier alpha value is -4.18. The molecule has 0 unspecified atom stereocenters. The second-order valence-corrected chi connectivity index (χ2v) is 22.9. The van der Waals surface area contributed by atoms with E-state index in [0.29, 0.717) is 11.8 Å². The third-order valence-electron chi connectivity index (χ3n) is 14.6. The summed E-state index contributed by atoms with van der Waals surface area (Å²) in [5.74, 6) is -2.09. The van der Waals surface area contributed by atoms with E-state index < -0.39 is 95.9 Å². The van der Waals surface area contributed by atoms with Gasteiger partial charge in [0.2, 0.25) is 11.8 Å². The third kappa shape index (κ3) is 17.9. The number of benzene rings is 2. The van der Waals surface area contributed by atoms with Crippen LogP contribution in [0.5, 0.6) is 23.0 Å². The molecule has 6 rings (SSSR count). The highest BCUT2D eigenvalue weighted by Crippen LogP contribution is 2.37. The summed E-state index contributed by atoms with van der Waals surface area (Å²) < 4.78 is 27.7. The SMILES string of the molecule is CCC[C@H]1CC[C@H](C(=O)N[C@@H]([C@H]2O[C@H](SCCOC(=O)c3cc(O)cc(O)c3)[C@H](O)[C@@H](O)[C@H]2O)[C@@H](C)O)C1.CCC[C@H]1CC[C@H](C(=O)N[C@@H]([C@H]2O[C@H](SCCOC(=O)c3cc(O)cc(O)c3)[C@H](O)[C@@H](O)[C@H]2O)[C@@H](C)OC)C1. The molecule has 2 aliphatic carbocycles. The number of carbonyl (C=O) groups excluding carboxylic acids is 4. The number of carbonyl (C=O) groups is 4. The van der Waals surface area contributed by atoms with Gasteiger partial charge in [0, 0.05) is 42.6 Å². The number of phenolic OH excluding ortho intramolecular Hbond substituents is 4. The maximum atomic E-state index is 13.1. The van der Waals surface area contributed by atoms with Gasteiger partial charge in [0.15, 0.2) is 0 Å². The van der Waals surface area contributed by atoms with Crippen molar-refractivity contribution in [2.45, 2.75) is 176 Å². The lowest BCUT2D eigenvalue weighted by Gasteiger charge is -2.44. The molecule has 4 fully saturated rings. The van der Waals surface area contributed by atoms with E-state index in [4.69, 9.17) is 23.7 Å². The van der Waals surface area contributed by atoms with Crippen molar-refractivity contribution in [3.05, 3.63) is 47.5 Å². The summed E-state index contributed by atoms with van der Waals surface area (Å²) >= 11 is 2.10. The van der Waals surface area contributed by atoms with Gasteiger partial charge in [-0.05, 0) is 88.5 Å². The molecule has 0 bridgehead atoms. The van der Waals surface area contributed by atoms with Gasteiger partial charge in [-0.3, -0.25) is 9.59 Å². The molecule has 2 saturated carbocycles. The molecule has 77 heavy (non-hydrogen) atoms. The summed E-state index contributed by atoms with van der Waals surface area (Å²) in [6.45, 7) is 7.21. The molecule has 434 valence electrons. The van der Waals surface area contributed by atoms with E-state index in [-0.39, 0.29) is 82.5 Å². The Morgan fingerprint density at radius 2 is 0.961 bits per heavy atom. The van der Waals surface area contributed by atoms with Gasteiger partial charge in [-0.1, -0.05) is 39.5 Å². The van der Waals surface area contributed by atoms with E-state index in [1.54, 1.807) is 6.92 Å². The summed E-state index contributed by atoms with van der Waals surface area (Å²) in [6, 6.07) is 4.95. The van der Waals surface area contributed by atoms with Gasteiger partial charge in [0.1, 0.15) is 95.9 Å². The van der Waals surface area contributed by atoms with E-state index in [1.165, 1.54) is 14.0 Å². The molecule has 2 aliphatic heterocycles. The molecule has 4 aliphatic rings. The van der Waals surface area contributed by atoms with E-state index in [1.807, 2.05) is 0 Å². The van der Waals surface area contributed by atoms with Crippen molar-refractivity contribution in [1.29, 1.82) is 0 Å². The van der Waals surface area contributed by atoms with Gasteiger partial charge < -0.3 is 90.5 Å². The van der Waals surface area contributed by atoms with Crippen molar-refractivity contribution in [2.75, 3.05) is 31.8 Å². The molecule has 0 radical (unpaired) electrons. The molecular weight excluding hydrogens is 1050 g/mol. The molecule has 2 amide bonds. The van der Waals surface area contributed by atoms with Crippen molar-refractivity contribution in [3.8, 4) is 23.0 Å². The number of hydrogen-bond acceptors (Lipinski definition) is 22. The maximum absolute atomic E-state index is 13.1. The van der Waals surface area contributed by atoms with Gasteiger partial charge >= 0.3 is 11.9 Å². The Labute approximate surface area is 457 Å². The number of aromatic hydroxyl groups is 4. The Morgan fingerprint density at radius 3 is 1.32 bits per heavy atom. The highest BCUT2D eigenvalue weighted by Gasteiger charge is 2.50. The number of aliphatic hydroxyl groups is 7. The number of rotatable bonds is 23. The fraction of sp³-hybridized carbons (Fsp3) is 0.698. The number of thioether (sulfide) groups is 2. The molecule has 22 nitrogen and oxygen atoms in total. The quantitative estimate of drug-likeness (QED) is 0.0561. The Balaban J connectivity index is 0.000000284. The topological polar surface area (TPSA) is 361 Å². The van der Waals surface area contributed by atoms with Crippen molar-refractivity contribution in [2.24, 2.45) is 23.7 Å². The summed E-state index contributed by atoms with van der Waals surface area (Å²) in [7, 11) is 1.48. The van der Waals surface area contributed by atoms with Crippen molar-refractivity contribution in [3.63, 3.8) is 0 Å². The summed E-state index contributed by atoms with van der Waals surface area (Å²) in [4.78, 5) is 50.5. The number of ether oxygens (including phenoxy) is 5. The number of phenols is 4. The maximum Gasteiger partial charge on any atom is 0.338 e. The number of aliphatic hydroxyl groups excluding tert-OH is 7. The Kier molecular flexibility index (Phi) is 25.1. The molecule has 0 spiro atoms. The first-order chi connectivity index (χ1) is 36.6. The van der Waals surface area contributed by atoms with E-state index in [9.17, 15) is 75.3 Å². The molecule has 2 aromatic carbocycles. The molecule has 18 atom stereocenters. The average Bonchev–Trinajstić information content (AvgIpc) is 4.08. The van der Waals surface area contributed by atoms with Crippen LogP contribution in [-0.2, 0) is 33.3 Å². The second-order valence-electron chi connectivity index (χ2n) is 20.5. The van der Waals surface area contributed by atoms with Crippen LogP contribution in [0.3, 0.4) is 0 Å². The summed E-state index contributed by atoms with van der Waals surface area (Å²) in [5.41, 5.74) is -2.10. The third-order valence-corrected chi connectivity index (χ3v) is 16.9. The fourth-order valence-electron chi connectivity index (χ4n) is 10.4. The highest BCUT2D eigenvalue weighted by atomic mass is 32.2. The number of hydrogen-bond donors (Lipinski definition) is 13. The van der Waals surface area contributed by atoms with Crippen LogP contribution in [0.1, 0.15) is 113 Å². The summed E-state index contributed by atoms with van der Waals surface area (Å²) in [6.07, 6.45) is -3.67. The molecular formula is C53H80N2O20S2. The van der Waals surface area contributed by atoms with Gasteiger partial charge in [-0.2, -0.15) is 0 Å². The average molecular weight is 1130 g/mol. The minimum atomic E-state index is -1.59. The van der Waals surface area contributed by atoms with Gasteiger partial charge in [-0.25, -0.2) is 9.59 Å². The minimum Gasteiger partial charge on any atom is -0.508 e. The van der Waals surface area contributed by atoms with E-state index in [0.717, 1.165) is 124 Å². The van der Waals surface area contributed by atoms with Crippen LogP contribution >= 0.6 is 23.5 Å². The normalized spacial score (nSPS) is 30.7. The summed E-state index contributed by atoms with van der Waals surface area (Å²) in [5, 5.41) is 118. The first-order valence-electron chi connectivity index (χ1n) is 26.4. The zero-order valence-electron chi connectivity index (χ0n) is 44.2. The van der Waals surface area contributed by atoms with Crippen molar-refractivity contribution in [1.82, 2.24) is 10.6 Å². The fourth-order valence-corrected chi connectivity index (χ4v) is 12.4. The number of esters is 2. The monoisotopic (exact) mass is 1130 g/mol. The van der Waals surface area contributed by atoms with Crippen LogP contribution in [0.2, 0.25) is 0 Å². The predicted octanol–water partition coefficient (Wildman–Crippen LogP) is 2.41. The lowest BCUT2D eigenvalue weighted by atomic mass is 9.91. The lowest BCUT2D eigenvalue weighted by Crippen LogP contribution is -2.65. The van der Waals surface area contributed by atoms with Crippen LogP contribution in [0.4, 0.5) is 0 Å². The van der Waals surface area contributed by atoms with Crippen LogP contribution in [0, 0.1) is 23.7 Å².